The van der Waals surface area contributed by atoms with Crippen LogP contribution >= 0.6 is 0 Å². The molecule has 0 saturated carbocycles. The summed E-state index contributed by atoms with van der Waals surface area (Å²) in [5, 5.41) is 17.7. The number of carboxylic acids is 2. The molecule has 6 nitrogen and oxygen atoms in total. The van der Waals surface area contributed by atoms with Crippen LogP contribution in [0.1, 0.15) is 26.3 Å². The lowest BCUT2D eigenvalue weighted by atomic mass is 10.1. The van der Waals surface area contributed by atoms with Gasteiger partial charge in [-0.15, -0.1) is 0 Å². The molecule has 2 rings (SSSR count). The summed E-state index contributed by atoms with van der Waals surface area (Å²) >= 11 is 0. The smallest absolute Gasteiger partial charge is 0.335 e. The van der Waals surface area contributed by atoms with Gasteiger partial charge in [0.2, 0.25) is 0 Å². The molecule has 0 atom stereocenters. The molecule has 2 aromatic rings. The van der Waals surface area contributed by atoms with Crippen LogP contribution in [0, 0.1) is 6.92 Å². The largest absolute Gasteiger partial charge is 0.490 e. The zero-order valence-electron chi connectivity index (χ0n) is 12.5. The van der Waals surface area contributed by atoms with Crippen LogP contribution in [0.15, 0.2) is 42.5 Å². The zero-order chi connectivity index (χ0) is 16.8. The van der Waals surface area contributed by atoms with Crippen LogP contribution in [-0.2, 0) is 0 Å². The summed E-state index contributed by atoms with van der Waals surface area (Å²) < 4.78 is 10.9. The van der Waals surface area contributed by atoms with E-state index in [4.69, 9.17) is 19.7 Å². The third-order valence-electron chi connectivity index (χ3n) is 3.15. The molecular weight excluding hydrogens is 300 g/mol. The first kappa shape index (κ1) is 16.4. The van der Waals surface area contributed by atoms with E-state index in [1.165, 1.54) is 18.2 Å². The number of carbonyl (C=O) groups is 2. The molecule has 0 aromatic heterocycles. The van der Waals surface area contributed by atoms with Gasteiger partial charge in [-0.2, -0.15) is 0 Å². The van der Waals surface area contributed by atoms with Crippen molar-refractivity contribution >= 4 is 11.9 Å². The van der Waals surface area contributed by atoms with Crippen LogP contribution in [0.3, 0.4) is 0 Å². The van der Waals surface area contributed by atoms with Gasteiger partial charge in [0.05, 0.1) is 11.1 Å². The van der Waals surface area contributed by atoms with Gasteiger partial charge >= 0.3 is 11.9 Å². The van der Waals surface area contributed by atoms with Crippen molar-refractivity contribution in [2.24, 2.45) is 0 Å². The van der Waals surface area contributed by atoms with E-state index in [1.807, 2.05) is 0 Å². The van der Waals surface area contributed by atoms with Crippen LogP contribution in [0.4, 0.5) is 0 Å². The number of ether oxygens (including phenoxy) is 2. The third kappa shape index (κ3) is 4.47. The minimum atomic E-state index is -0.986. The molecule has 2 N–H and O–H groups in total. The maximum absolute atomic E-state index is 10.9. The Hall–Kier alpha value is -3.02. The van der Waals surface area contributed by atoms with Crippen molar-refractivity contribution in [3.05, 3.63) is 59.2 Å². The van der Waals surface area contributed by atoms with Crippen LogP contribution in [-0.4, -0.2) is 35.4 Å². The quantitative estimate of drug-likeness (QED) is 0.763. The van der Waals surface area contributed by atoms with Crippen molar-refractivity contribution in [3.63, 3.8) is 0 Å². The van der Waals surface area contributed by atoms with E-state index in [2.05, 4.69) is 0 Å². The minimum Gasteiger partial charge on any atom is -0.490 e. The molecule has 0 aliphatic heterocycles. The first-order chi connectivity index (χ1) is 11.0. The average molecular weight is 316 g/mol. The van der Waals surface area contributed by atoms with Gasteiger partial charge in [-0.05, 0) is 55.0 Å². The second-order valence-electron chi connectivity index (χ2n) is 4.81. The molecule has 0 aliphatic carbocycles. The second-order valence-corrected chi connectivity index (χ2v) is 4.81. The molecule has 0 bridgehead atoms. The highest BCUT2D eigenvalue weighted by Gasteiger charge is 2.07. The Labute approximate surface area is 132 Å². The molecule has 0 saturated heterocycles. The molecule has 0 aliphatic rings. The molecular formula is C17H16O6. The van der Waals surface area contributed by atoms with Crippen molar-refractivity contribution in [3.8, 4) is 11.5 Å². The van der Waals surface area contributed by atoms with Crippen molar-refractivity contribution in [2.75, 3.05) is 13.2 Å². The summed E-state index contributed by atoms with van der Waals surface area (Å²) in [4.78, 5) is 21.6. The molecule has 0 radical (unpaired) electrons. The Morgan fingerprint density at radius 3 is 1.96 bits per heavy atom. The summed E-state index contributed by atoms with van der Waals surface area (Å²) in [7, 11) is 0. The van der Waals surface area contributed by atoms with E-state index in [0.29, 0.717) is 17.1 Å². The van der Waals surface area contributed by atoms with Gasteiger partial charge in [0.25, 0.3) is 0 Å². The number of carboxylic acid groups (broad SMARTS) is 2. The van der Waals surface area contributed by atoms with Gasteiger partial charge in [-0.25, -0.2) is 9.59 Å². The van der Waals surface area contributed by atoms with Crippen molar-refractivity contribution < 1.29 is 29.3 Å². The monoisotopic (exact) mass is 316 g/mol. The first-order valence-corrected chi connectivity index (χ1v) is 6.90. The predicted molar refractivity (Wildman–Crippen MR) is 82.5 cm³/mol. The van der Waals surface area contributed by atoms with E-state index in [0.717, 1.165) is 0 Å². The lowest BCUT2D eigenvalue weighted by Crippen LogP contribution is -2.09. The number of aryl methyl sites for hydroxylation is 1. The average Bonchev–Trinajstić information content (AvgIpc) is 2.51. The normalized spacial score (nSPS) is 10.1. The molecule has 0 heterocycles. The van der Waals surface area contributed by atoms with Crippen molar-refractivity contribution in [2.45, 2.75) is 6.92 Å². The standard InChI is InChI=1S/C17H16O6/c1-11-10-14(6-7-15(11)17(20)21)23-9-8-22-13-4-2-12(3-5-13)16(18)19/h2-7,10H,8-9H2,1H3,(H,18,19)(H,20,21). The molecule has 6 heteroatoms. The maximum atomic E-state index is 10.9. The fourth-order valence-electron chi connectivity index (χ4n) is 1.98. The Morgan fingerprint density at radius 2 is 1.43 bits per heavy atom. The highest BCUT2D eigenvalue weighted by atomic mass is 16.5. The summed E-state index contributed by atoms with van der Waals surface area (Å²) in [6, 6.07) is 10.8. The Balaban J connectivity index is 1.82. The van der Waals surface area contributed by atoms with Gasteiger partial charge in [0, 0.05) is 0 Å². The zero-order valence-corrected chi connectivity index (χ0v) is 12.5. The van der Waals surface area contributed by atoms with Crippen molar-refractivity contribution in [1.82, 2.24) is 0 Å². The van der Waals surface area contributed by atoms with E-state index in [-0.39, 0.29) is 24.3 Å². The van der Waals surface area contributed by atoms with E-state index in [9.17, 15) is 9.59 Å². The Bertz CT molecular complexity index is 706. The fourth-order valence-corrected chi connectivity index (χ4v) is 1.98. The van der Waals surface area contributed by atoms with Crippen LogP contribution in [0.25, 0.3) is 0 Å². The molecule has 0 amide bonds. The highest BCUT2D eigenvalue weighted by molar-refractivity contribution is 5.89. The van der Waals surface area contributed by atoms with Gasteiger partial charge in [0.15, 0.2) is 0 Å². The van der Waals surface area contributed by atoms with E-state index >= 15 is 0 Å². The number of hydrogen-bond acceptors (Lipinski definition) is 4. The molecule has 0 fully saturated rings. The molecule has 23 heavy (non-hydrogen) atoms. The van der Waals surface area contributed by atoms with Gasteiger partial charge < -0.3 is 19.7 Å². The third-order valence-corrected chi connectivity index (χ3v) is 3.15. The summed E-state index contributed by atoms with van der Waals surface area (Å²) in [6.45, 7) is 2.27. The number of aromatic carboxylic acids is 2. The molecule has 0 unspecified atom stereocenters. The van der Waals surface area contributed by atoms with Crippen LogP contribution < -0.4 is 9.47 Å². The Morgan fingerprint density at radius 1 is 0.870 bits per heavy atom. The molecule has 0 spiro atoms. The number of hydrogen-bond donors (Lipinski definition) is 2. The van der Waals surface area contributed by atoms with Gasteiger partial charge in [0.1, 0.15) is 24.7 Å². The lowest BCUT2D eigenvalue weighted by molar-refractivity contribution is 0.0685. The van der Waals surface area contributed by atoms with E-state index < -0.39 is 11.9 Å². The molecule has 120 valence electrons. The topological polar surface area (TPSA) is 93.1 Å². The molecule has 2 aromatic carbocycles. The number of benzene rings is 2. The second kappa shape index (κ2) is 7.31. The van der Waals surface area contributed by atoms with Gasteiger partial charge in [-0.1, -0.05) is 0 Å². The summed E-state index contributed by atoms with van der Waals surface area (Å²) in [6.07, 6.45) is 0. The van der Waals surface area contributed by atoms with Crippen LogP contribution in [0.5, 0.6) is 11.5 Å². The first-order valence-electron chi connectivity index (χ1n) is 6.90. The van der Waals surface area contributed by atoms with Crippen LogP contribution in [0.2, 0.25) is 0 Å². The van der Waals surface area contributed by atoms with Gasteiger partial charge in [-0.3, -0.25) is 0 Å². The number of rotatable bonds is 7. The SMILES string of the molecule is Cc1cc(OCCOc2ccc(C(=O)O)cc2)ccc1C(=O)O. The Kier molecular flexibility index (Phi) is 5.19. The minimum absolute atomic E-state index is 0.197. The maximum Gasteiger partial charge on any atom is 0.335 e. The summed E-state index contributed by atoms with van der Waals surface area (Å²) in [5.74, 6) is -0.837. The predicted octanol–water partition coefficient (Wildman–Crippen LogP) is 2.85. The summed E-state index contributed by atoms with van der Waals surface area (Å²) in [5.41, 5.74) is 1.06. The lowest BCUT2D eigenvalue weighted by Gasteiger charge is -2.10. The van der Waals surface area contributed by atoms with Crippen molar-refractivity contribution in [1.29, 1.82) is 0 Å². The fraction of sp³-hybridized carbons (Fsp3) is 0.176. The van der Waals surface area contributed by atoms with E-state index in [1.54, 1.807) is 31.2 Å². The highest BCUT2D eigenvalue weighted by Crippen LogP contribution is 2.17.